The third-order valence-electron chi connectivity index (χ3n) is 5.57. The molecule has 1 saturated carbocycles. The molecule has 1 aliphatic rings. The average Bonchev–Trinajstić information content (AvgIpc) is 3.52. The Morgan fingerprint density at radius 3 is 2.36 bits per heavy atom. The zero-order chi connectivity index (χ0) is 19.7. The zero-order valence-electron chi connectivity index (χ0n) is 16.5. The molecule has 2 aromatic carbocycles. The number of nitrogens with one attached hydrogen (secondary N) is 1. The summed E-state index contributed by atoms with van der Waals surface area (Å²) in [7, 11) is 1.64. The minimum atomic E-state index is -0.457. The van der Waals surface area contributed by atoms with E-state index in [1.165, 1.54) is 5.56 Å². The molecule has 0 spiro atoms. The van der Waals surface area contributed by atoms with Crippen LogP contribution < -0.4 is 10.1 Å². The van der Waals surface area contributed by atoms with Crippen LogP contribution in [0, 0.1) is 13.8 Å². The van der Waals surface area contributed by atoms with Crippen LogP contribution in [0.15, 0.2) is 60.7 Å². The third kappa shape index (κ3) is 3.26. The lowest BCUT2D eigenvalue weighted by atomic mass is 9.95. The Morgan fingerprint density at radius 2 is 1.71 bits per heavy atom. The summed E-state index contributed by atoms with van der Waals surface area (Å²) in [5.41, 5.74) is 4.82. The molecular formula is C24H26N2O2. The Kier molecular flexibility index (Phi) is 4.63. The zero-order valence-corrected chi connectivity index (χ0v) is 16.5. The largest absolute Gasteiger partial charge is 0.497 e. The second-order valence-electron chi connectivity index (χ2n) is 7.44. The molecule has 1 aromatic heterocycles. The van der Waals surface area contributed by atoms with Crippen LogP contribution in [0.4, 0.5) is 5.82 Å². The minimum Gasteiger partial charge on any atom is -0.497 e. The molecule has 0 saturated heterocycles. The van der Waals surface area contributed by atoms with Gasteiger partial charge in [-0.2, -0.15) is 0 Å². The van der Waals surface area contributed by atoms with Crippen molar-refractivity contribution >= 4 is 11.7 Å². The number of aromatic nitrogens is 1. The maximum Gasteiger partial charge on any atom is 0.236 e. The molecule has 1 heterocycles. The Balaban J connectivity index is 0.00000240. The minimum absolute atomic E-state index is 0. The highest BCUT2D eigenvalue weighted by Crippen LogP contribution is 2.49. The molecule has 1 aliphatic carbocycles. The van der Waals surface area contributed by atoms with Gasteiger partial charge in [-0.3, -0.25) is 4.79 Å². The number of ether oxygens (including phenoxy) is 1. The smallest absolute Gasteiger partial charge is 0.236 e. The molecular weight excluding hydrogens is 348 g/mol. The van der Waals surface area contributed by atoms with Gasteiger partial charge in [-0.05, 0) is 61.6 Å². The number of nitrogens with zero attached hydrogens (tertiary/aromatic N) is 1. The van der Waals surface area contributed by atoms with Crippen LogP contribution in [-0.4, -0.2) is 18.0 Å². The molecule has 1 amide bonds. The number of hydrogen-bond donors (Lipinski definition) is 1. The number of anilines is 1. The first kappa shape index (κ1) is 18.2. The number of rotatable bonds is 5. The number of carbonyl (C=O) groups is 1. The van der Waals surface area contributed by atoms with Gasteiger partial charge in [-0.25, -0.2) is 4.98 Å². The van der Waals surface area contributed by atoms with Gasteiger partial charge in [0.15, 0.2) is 0 Å². The van der Waals surface area contributed by atoms with Crippen molar-refractivity contribution < 1.29 is 11.0 Å². The van der Waals surface area contributed by atoms with Crippen molar-refractivity contribution in [2.75, 3.05) is 12.4 Å². The molecule has 0 radical (unpaired) electrons. The van der Waals surface area contributed by atoms with E-state index >= 15 is 0 Å². The molecule has 1 fully saturated rings. The fourth-order valence-electron chi connectivity index (χ4n) is 3.63. The SMILES string of the molecule is COc1ccc(C2(C(=O)Nc3ccc(C)c(-c4ccccc4C)n3)CC2)cc1.[HH]. The van der Waals surface area contributed by atoms with E-state index in [0.29, 0.717) is 5.82 Å². The molecule has 4 heteroatoms. The summed E-state index contributed by atoms with van der Waals surface area (Å²) >= 11 is 0. The summed E-state index contributed by atoms with van der Waals surface area (Å²) in [5, 5.41) is 3.05. The van der Waals surface area contributed by atoms with E-state index in [1.807, 2.05) is 55.5 Å². The summed E-state index contributed by atoms with van der Waals surface area (Å²) in [6.45, 7) is 4.12. The Labute approximate surface area is 167 Å². The topological polar surface area (TPSA) is 51.2 Å². The predicted octanol–water partition coefficient (Wildman–Crippen LogP) is 5.29. The van der Waals surface area contributed by atoms with Crippen molar-refractivity contribution in [2.45, 2.75) is 32.1 Å². The molecule has 144 valence electrons. The van der Waals surface area contributed by atoms with Gasteiger partial charge < -0.3 is 10.1 Å². The van der Waals surface area contributed by atoms with E-state index in [1.54, 1.807) is 7.11 Å². The Morgan fingerprint density at radius 1 is 1.00 bits per heavy atom. The molecule has 0 aliphatic heterocycles. The highest BCUT2D eigenvalue weighted by molar-refractivity contribution is 6.01. The fourth-order valence-corrected chi connectivity index (χ4v) is 3.63. The lowest BCUT2D eigenvalue weighted by Gasteiger charge is -2.17. The van der Waals surface area contributed by atoms with Crippen LogP contribution >= 0.6 is 0 Å². The first-order chi connectivity index (χ1) is 13.5. The van der Waals surface area contributed by atoms with Crippen LogP contribution in [-0.2, 0) is 10.2 Å². The normalized spacial score (nSPS) is 14.4. The van der Waals surface area contributed by atoms with E-state index in [-0.39, 0.29) is 7.33 Å². The maximum atomic E-state index is 13.1. The van der Waals surface area contributed by atoms with Crippen LogP contribution in [0.3, 0.4) is 0 Å². The summed E-state index contributed by atoms with van der Waals surface area (Å²) in [5.74, 6) is 1.39. The summed E-state index contributed by atoms with van der Waals surface area (Å²) in [4.78, 5) is 17.8. The van der Waals surface area contributed by atoms with Gasteiger partial charge in [-0.15, -0.1) is 0 Å². The number of methoxy groups -OCH3 is 1. The van der Waals surface area contributed by atoms with E-state index in [4.69, 9.17) is 9.72 Å². The molecule has 0 unspecified atom stereocenters. The predicted molar refractivity (Wildman–Crippen MR) is 114 cm³/mol. The number of aryl methyl sites for hydroxylation is 2. The molecule has 1 N–H and O–H groups in total. The molecule has 0 bridgehead atoms. The Hall–Kier alpha value is -3.14. The maximum absolute atomic E-state index is 13.1. The van der Waals surface area contributed by atoms with Crippen molar-refractivity contribution in [3.05, 3.63) is 77.4 Å². The van der Waals surface area contributed by atoms with E-state index in [0.717, 1.165) is 41.0 Å². The van der Waals surface area contributed by atoms with Crippen molar-refractivity contribution in [2.24, 2.45) is 0 Å². The monoisotopic (exact) mass is 374 g/mol. The lowest BCUT2D eigenvalue weighted by Crippen LogP contribution is -2.28. The molecule has 3 aromatic rings. The molecule has 0 atom stereocenters. The van der Waals surface area contributed by atoms with Crippen LogP contribution in [0.1, 0.15) is 31.0 Å². The molecule has 4 nitrogen and oxygen atoms in total. The first-order valence-corrected chi connectivity index (χ1v) is 9.53. The van der Waals surface area contributed by atoms with Gasteiger partial charge >= 0.3 is 0 Å². The number of benzene rings is 2. The van der Waals surface area contributed by atoms with Gasteiger partial charge in [-0.1, -0.05) is 42.5 Å². The third-order valence-corrected chi connectivity index (χ3v) is 5.57. The van der Waals surface area contributed by atoms with Gasteiger partial charge in [0, 0.05) is 6.99 Å². The number of carbonyl (C=O) groups excluding carboxylic acids is 1. The van der Waals surface area contributed by atoms with Crippen LogP contribution in [0.2, 0.25) is 0 Å². The van der Waals surface area contributed by atoms with Crippen LogP contribution in [0.25, 0.3) is 11.3 Å². The average molecular weight is 374 g/mol. The Bertz CT molecular complexity index is 1030. The van der Waals surface area contributed by atoms with Crippen molar-refractivity contribution in [3.63, 3.8) is 0 Å². The van der Waals surface area contributed by atoms with Crippen LogP contribution in [0.5, 0.6) is 5.75 Å². The summed E-state index contributed by atoms with van der Waals surface area (Å²) in [6.07, 6.45) is 1.70. The standard InChI is InChI=1S/C24H24N2O2.H2/c1-16-6-4-5-7-20(16)22-17(2)8-13-21(25-22)26-23(27)24(14-15-24)18-9-11-19(28-3)12-10-18;/h4-13H,14-15H2,1-3H3,(H,25,26,27);1H. The van der Waals surface area contributed by atoms with E-state index in [9.17, 15) is 4.79 Å². The molecule has 4 rings (SSSR count). The first-order valence-electron chi connectivity index (χ1n) is 9.53. The highest BCUT2D eigenvalue weighted by atomic mass is 16.5. The summed E-state index contributed by atoms with van der Waals surface area (Å²) in [6, 6.07) is 19.8. The molecule has 28 heavy (non-hydrogen) atoms. The van der Waals surface area contributed by atoms with Gasteiger partial charge in [0.05, 0.1) is 18.2 Å². The number of amides is 1. The van der Waals surface area contributed by atoms with Crippen molar-refractivity contribution in [3.8, 4) is 17.0 Å². The second kappa shape index (κ2) is 7.12. The van der Waals surface area contributed by atoms with Gasteiger partial charge in [0.25, 0.3) is 0 Å². The van der Waals surface area contributed by atoms with E-state index in [2.05, 4.69) is 24.4 Å². The quantitative estimate of drug-likeness (QED) is 0.660. The van der Waals surface area contributed by atoms with Crippen molar-refractivity contribution in [1.82, 2.24) is 4.98 Å². The van der Waals surface area contributed by atoms with E-state index < -0.39 is 5.41 Å². The second-order valence-corrected chi connectivity index (χ2v) is 7.44. The fraction of sp³-hybridized carbons (Fsp3) is 0.250. The van der Waals surface area contributed by atoms with Gasteiger partial charge in [0.2, 0.25) is 5.91 Å². The lowest BCUT2D eigenvalue weighted by molar-refractivity contribution is -0.118. The van der Waals surface area contributed by atoms with Gasteiger partial charge in [0.1, 0.15) is 11.6 Å². The number of hydrogen-bond acceptors (Lipinski definition) is 3. The van der Waals surface area contributed by atoms with Crippen molar-refractivity contribution in [1.29, 1.82) is 0 Å². The number of pyridine rings is 1. The summed E-state index contributed by atoms with van der Waals surface area (Å²) < 4.78 is 5.22. The highest BCUT2D eigenvalue weighted by Gasteiger charge is 2.51.